The van der Waals surface area contributed by atoms with Gasteiger partial charge in [0.1, 0.15) is 5.69 Å². The van der Waals surface area contributed by atoms with Crippen molar-refractivity contribution in [2.75, 3.05) is 0 Å². The lowest BCUT2D eigenvalue weighted by atomic mass is 10.5. The number of carbonyl (C=O) groups excluding carboxylic acids is 2. The van der Waals surface area contributed by atoms with Crippen molar-refractivity contribution in [3.8, 4) is 0 Å². The quantitative estimate of drug-likeness (QED) is 0.495. The molecule has 1 aromatic rings. The molecule has 0 N–H and O–H groups in total. The van der Waals surface area contributed by atoms with Crippen LogP contribution >= 0.6 is 11.3 Å². The molecule has 0 amide bonds. The minimum Gasteiger partial charge on any atom is -0.211 e. The van der Waals surface area contributed by atoms with Gasteiger partial charge in [-0.05, 0) is 11.4 Å². The third-order valence-corrected chi connectivity index (χ3v) is 1.73. The van der Waals surface area contributed by atoms with Crippen LogP contribution in [0.25, 0.3) is 0 Å². The summed E-state index contributed by atoms with van der Waals surface area (Å²) in [5.74, 6) is 0. The van der Waals surface area contributed by atoms with Gasteiger partial charge in [0.15, 0.2) is 5.00 Å². The fourth-order valence-corrected chi connectivity index (χ4v) is 1.20. The summed E-state index contributed by atoms with van der Waals surface area (Å²) in [6, 6.07) is 1.58. The molecule has 0 saturated carbocycles. The van der Waals surface area contributed by atoms with Gasteiger partial charge in [0.25, 0.3) is 0 Å². The van der Waals surface area contributed by atoms with E-state index in [1.807, 2.05) is 0 Å². The molecule has 0 aliphatic carbocycles. The summed E-state index contributed by atoms with van der Waals surface area (Å²) in [7, 11) is 0. The van der Waals surface area contributed by atoms with Gasteiger partial charge in [-0.1, -0.05) is 0 Å². The Morgan fingerprint density at radius 1 is 1.27 bits per heavy atom. The molecule has 1 aromatic heterocycles. The number of nitrogens with zero attached hydrogens (tertiary/aromatic N) is 2. The molecule has 0 unspecified atom stereocenters. The van der Waals surface area contributed by atoms with E-state index >= 15 is 0 Å². The molecule has 0 fully saturated rings. The molecular formula is C6H2N2O2S. The first kappa shape index (κ1) is 7.57. The fourth-order valence-electron chi connectivity index (χ4n) is 0.554. The predicted octanol–water partition coefficient (Wildman–Crippen LogP) is 1.68. The zero-order valence-electron chi connectivity index (χ0n) is 5.27. The molecular weight excluding hydrogens is 164 g/mol. The van der Waals surface area contributed by atoms with E-state index in [-0.39, 0.29) is 0 Å². The Bertz CT molecular complexity index is 313. The molecule has 11 heavy (non-hydrogen) atoms. The van der Waals surface area contributed by atoms with Gasteiger partial charge >= 0.3 is 0 Å². The molecule has 0 saturated heterocycles. The molecule has 0 aromatic carbocycles. The second-order valence-electron chi connectivity index (χ2n) is 1.52. The van der Waals surface area contributed by atoms with E-state index < -0.39 is 0 Å². The molecule has 0 aliphatic heterocycles. The van der Waals surface area contributed by atoms with E-state index in [2.05, 4.69) is 9.98 Å². The lowest BCUT2D eigenvalue weighted by Gasteiger charge is -1.80. The summed E-state index contributed by atoms with van der Waals surface area (Å²) in [6.45, 7) is 0. The Morgan fingerprint density at radius 3 is 2.64 bits per heavy atom. The van der Waals surface area contributed by atoms with Crippen molar-refractivity contribution in [1.82, 2.24) is 0 Å². The predicted molar refractivity (Wildman–Crippen MR) is 39.9 cm³/mol. The van der Waals surface area contributed by atoms with E-state index in [1.54, 1.807) is 11.4 Å². The Balaban J connectivity index is 3.14. The minimum atomic E-state index is 0.355. The van der Waals surface area contributed by atoms with Crippen LogP contribution in [-0.2, 0) is 9.59 Å². The summed E-state index contributed by atoms with van der Waals surface area (Å²) < 4.78 is 0. The van der Waals surface area contributed by atoms with E-state index in [0.717, 1.165) is 0 Å². The Hall–Kier alpha value is -1.54. The normalized spacial score (nSPS) is 8.00. The molecule has 0 spiro atoms. The topological polar surface area (TPSA) is 58.9 Å². The van der Waals surface area contributed by atoms with Crippen molar-refractivity contribution >= 4 is 34.2 Å². The Kier molecular flexibility index (Phi) is 2.47. The number of hydrogen-bond donors (Lipinski definition) is 0. The third-order valence-electron chi connectivity index (χ3n) is 0.938. The first-order valence-corrected chi connectivity index (χ1v) is 3.49. The molecule has 5 heteroatoms. The van der Waals surface area contributed by atoms with Crippen LogP contribution in [0.3, 0.4) is 0 Å². The molecule has 0 bridgehead atoms. The third kappa shape index (κ3) is 1.69. The van der Waals surface area contributed by atoms with E-state index in [9.17, 15) is 9.59 Å². The van der Waals surface area contributed by atoms with Gasteiger partial charge in [-0.3, -0.25) is 0 Å². The average Bonchev–Trinajstić information content (AvgIpc) is 2.39. The Morgan fingerprint density at radius 2 is 2.00 bits per heavy atom. The van der Waals surface area contributed by atoms with Gasteiger partial charge in [-0.15, -0.1) is 11.3 Å². The first-order chi connectivity index (χ1) is 5.38. The van der Waals surface area contributed by atoms with Crippen molar-refractivity contribution in [3.05, 3.63) is 11.4 Å². The van der Waals surface area contributed by atoms with E-state index in [0.29, 0.717) is 10.7 Å². The fraction of sp³-hybridized carbons (Fsp3) is 0. The van der Waals surface area contributed by atoms with Crippen LogP contribution in [0.15, 0.2) is 21.4 Å². The van der Waals surface area contributed by atoms with Gasteiger partial charge in [-0.25, -0.2) is 9.59 Å². The highest BCUT2D eigenvalue weighted by Gasteiger charge is 1.99. The van der Waals surface area contributed by atoms with Crippen molar-refractivity contribution in [1.29, 1.82) is 0 Å². The summed E-state index contributed by atoms with van der Waals surface area (Å²) in [4.78, 5) is 26.2. The van der Waals surface area contributed by atoms with Gasteiger partial charge < -0.3 is 0 Å². The van der Waals surface area contributed by atoms with Crippen LogP contribution in [0.2, 0.25) is 0 Å². The number of isocyanates is 2. The van der Waals surface area contributed by atoms with Gasteiger partial charge in [0.2, 0.25) is 12.2 Å². The molecule has 54 valence electrons. The van der Waals surface area contributed by atoms with Crippen LogP contribution in [0.4, 0.5) is 10.7 Å². The van der Waals surface area contributed by atoms with Crippen LogP contribution in [0, 0.1) is 0 Å². The summed E-state index contributed by atoms with van der Waals surface area (Å²) >= 11 is 1.21. The van der Waals surface area contributed by atoms with Crippen molar-refractivity contribution in [3.63, 3.8) is 0 Å². The largest absolute Gasteiger partial charge is 0.241 e. The molecule has 0 radical (unpaired) electrons. The SMILES string of the molecule is O=C=Nc1ccsc1N=C=O. The number of aliphatic imine (C=N–C) groups is 2. The highest BCUT2D eigenvalue weighted by molar-refractivity contribution is 7.14. The van der Waals surface area contributed by atoms with Gasteiger partial charge in [0, 0.05) is 0 Å². The van der Waals surface area contributed by atoms with Crippen molar-refractivity contribution in [2.45, 2.75) is 0 Å². The molecule has 1 heterocycles. The van der Waals surface area contributed by atoms with Crippen LogP contribution in [0.5, 0.6) is 0 Å². The van der Waals surface area contributed by atoms with Crippen LogP contribution < -0.4 is 0 Å². The van der Waals surface area contributed by atoms with Crippen LogP contribution in [-0.4, -0.2) is 12.2 Å². The monoisotopic (exact) mass is 166 g/mol. The highest BCUT2D eigenvalue weighted by Crippen LogP contribution is 2.32. The Labute approximate surface area is 65.9 Å². The maximum absolute atomic E-state index is 9.80. The summed E-state index contributed by atoms with van der Waals surface area (Å²) in [5, 5.41) is 2.05. The first-order valence-electron chi connectivity index (χ1n) is 2.61. The van der Waals surface area contributed by atoms with E-state index in [1.165, 1.54) is 23.5 Å². The summed E-state index contributed by atoms with van der Waals surface area (Å²) in [5.41, 5.74) is 0.355. The molecule has 1 rings (SSSR count). The smallest absolute Gasteiger partial charge is 0.211 e. The number of rotatable bonds is 2. The zero-order chi connectivity index (χ0) is 8.10. The second kappa shape index (κ2) is 3.58. The standard InChI is InChI=1S/C6H2N2O2S/c9-3-7-5-1-2-11-6(5)8-4-10/h1-2H. The summed E-state index contributed by atoms with van der Waals surface area (Å²) in [6.07, 6.45) is 2.73. The zero-order valence-corrected chi connectivity index (χ0v) is 6.09. The number of hydrogen-bond acceptors (Lipinski definition) is 5. The maximum Gasteiger partial charge on any atom is 0.241 e. The highest BCUT2D eigenvalue weighted by atomic mass is 32.1. The number of thiophene rings is 1. The molecule has 4 nitrogen and oxygen atoms in total. The molecule has 0 aliphatic rings. The van der Waals surface area contributed by atoms with Gasteiger partial charge in [0.05, 0.1) is 0 Å². The minimum absolute atomic E-state index is 0.355. The van der Waals surface area contributed by atoms with E-state index in [4.69, 9.17) is 0 Å². The van der Waals surface area contributed by atoms with Crippen LogP contribution in [0.1, 0.15) is 0 Å². The van der Waals surface area contributed by atoms with Crippen molar-refractivity contribution < 1.29 is 9.59 Å². The average molecular weight is 166 g/mol. The lowest BCUT2D eigenvalue weighted by Crippen LogP contribution is -1.55. The lowest BCUT2D eigenvalue weighted by molar-refractivity contribution is 0.564. The van der Waals surface area contributed by atoms with Crippen molar-refractivity contribution in [2.24, 2.45) is 9.98 Å². The van der Waals surface area contributed by atoms with Gasteiger partial charge in [-0.2, -0.15) is 9.98 Å². The second-order valence-corrected chi connectivity index (χ2v) is 2.41. The maximum atomic E-state index is 9.80. The molecule has 0 atom stereocenters.